The molecule has 15 nitrogen and oxygen atoms in total. The first-order valence-corrected chi connectivity index (χ1v) is 21.0. The van der Waals surface area contributed by atoms with Gasteiger partial charge in [0.25, 0.3) is 0 Å². The van der Waals surface area contributed by atoms with Crippen molar-refractivity contribution in [3.63, 3.8) is 0 Å². The number of aliphatic hydroxyl groups excluding tert-OH is 9. The smallest absolute Gasteiger partial charge is 0.194 e. The number of Topliss-reactive ketones (excluding diaryl/α,β-unsaturated/α-hetero) is 1. The zero-order valence-electron chi connectivity index (χ0n) is 34.8. The Hall–Kier alpha value is -1.15. The fourth-order valence-electron chi connectivity index (χ4n) is 12.6. The fraction of sp³-hybridized carbons (Fsp3) is 0.929. The highest BCUT2D eigenvalue weighted by molar-refractivity contribution is 5.90. The Morgan fingerprint density at radius 1 is 0.825 bits per heavy atom. The van der Waals surface area contributed by atoms with Gasteiger partial charge in [-0.25, -0.2) is 0 Å². The number of ether oxygens (including phenoxy) is 4. The number of carbonyl (C=O) groups excluding carboxylic acids is 1. The highest BCUT2D eigenvalue weighted by Crippen LogP contribution is 2.75. The minimum atomic E-state index is -1.75. The van der Waals surface area contributed by atoms with E-state index in [0.29, 0.717) is 12.3 Å². The van der Waals surface area contributed by atoms with Crippen molar-refractivity contribution in [3.05, 3.63) is 11.6 Å². The van der Waals surface area contributed by atoms with Crippen LogP contribution >= 0.6 is 0 Å². The van der Waals surface area contributed by atoms with Gasteiger partial charge in [-0.15, -0.1) is 0 Å². The zero-order valence-corrected chi connectivity index (χ0v) is 34.8. The summed E-state index contributed by atoms with van der Waals surface area (Å²) in [4.78, 5) is 12.7. The Bertz CT molecular complexity index is 1480. The van der Waals surface area contributed by atoms with Gasteiger partial charge in [0.05, 0.1) is 25.4 Å². The molecule has 6 aliphatic rings. The SMILES string of the molecule is CC(C(O)C(O)C(=O)C(C)(C)O)C1CCC2(C)C3CC=C4C(CCC(OC5OC(COC6OC(CO)C(O)C(O)C6O)C(O)C(O)C5O)C4(C)C)C3(C)CCC12C. The van der Waals surface area contributed by atoms with E-state index in [0.717, 1.165) is 38.5 Å². The molecule has 0 radical (unpaired) electrons. The van der Waals surface area contributed by atoms with Crippen molar-refractivity contribution >= 4 is 5.78 Å². The molecule has 15 heteroatoms. The second-order valence-corrected chi connectivity index (χ2v) is 20.2. The van der Waals surface area contributed by atoms with E-state index < -0.39 is 110 Å². The Kier molecular flexibility index (Phi) is 12.7. The van der Waals surface area contributed by atoms with E-state index in [4.69, 9.17) is 18.9 Å². The van der Waals surface area contributed by atoms with Gasteiger partial charge in [-0.05, 0) is 98.7 Å². The molecule has 6 rings (SSSR count). The molecule has 20 unspecified atom stereocenters. The Morgan fingerprint density at radius 3 is 2.04 bits per heavy atom. The molecular formula is C42H70O15. The quantitative estimate of drug-likeness (QED) is 0.126. The van der Waals surface area contributed by atoms with Crippen molar-refractivity contribution in [2.45, 2.75) is 186 Å². The number of ketones is 1. The molecule has 328 valence electrons. The maximum absolute atomic E-state index is 12.7. The number of carbonyl (C=O) groups is 1. The van der Waals surface area contributed by atoms with Gasteiger partial charge in [0.1, 0.15) is 60.5 Å². The van der Waals surface area contributed by atoms with Crippen LogP contribution in [0.25, 0.3) is 0 Å². The first-order valence-electron chi connectivity index (χ1n) is 21.0. The second-order valence-electron chi connectivity index (χ2n) is 20.2. The van der Waals surface area contributed by atoms with Gasteiger partial charge in [-0.1, -0.05) is 53.2 Å². The molecule has 0 amide bonds. The highest BCUT2D eigenvalue weighted by atomic mass is 16.7. The zero-order chi connectivity index (χ0) is 42.4. The van der Waals surface area contributed by atoms with Crippen molar-refractivity contribution in [1.29, 1.82) is 0 Å². The van der Waals surface area contributed by atoms with Crippen molar-refractivity contribution in [2.75, 3.05) is 13.2 Å². The second kappa shape index (κ2) is 16.0. The Labute approximate surface area is 336 Å². The monoisotopic (exact) mass is 814 g/mol. The lowest BCUT2D eigenvalue weighted by Crippen LogP contribution is -2.63. The summed E-state index contributed by atoms with van der Waals surface area (Å²) in [6, 6.07) is 0. The van der Waals surface area contributed by atoms with Crippen molar-refractivity contribution in [2.24, 2.45) is 45.3 Å². The number of hydrogen-bond donors (Lipinski definition) is 10. The van der Waals surface area contributed by atoms with Gasteiger partial charge in [-0.3, -0.25) is 4.79 Å². The number of fused-ring (bicyclic) bond motifs is 5. The standard InChI is InChI=1S/C42H70O15/c1-19(27(44)32(49)35(52)39(4,5)53)20-13-14-42(8)25-11-9-21-22(40(25,6)15-16-41(20,42)7)10-12-26(38(21,2)3)57-37-34(51)31(48)29(46)24(56-37)18-54-36-33(50)30(47)28(45)23(17-43)55-36/h9,19-20,22-34,36-37,43-51,53H,10-18H2,1-8H3. The molecule has 2 saturated heterocycles. The van der Waals surface area contributed by atoms with Crippen LogP contribution in [-0.2, 0) is 23.7 Å². The van der Waals surface area contributed by atoms with Gasteiger partial charge in [0.2, 0.25) is 0 Å². The van der Waals surface area contributed by atoms with Crippen LogP contribution in [0.1, 0.15) is 100 Å². The molecule has 0 aromatic rings. The predicted octanol–water partition coefficient (Wildman–Crippen LogP) is 0.299. The molecule has 57 heavy (non-hydrogen) atoms. The summed E-state index contributed by atoms with van der Waals surface area (Å²) in [6.45, 7) is 14.9. The fourth-order valence-corrected chi connectivity index (χ4v) is 12.6. The van der Waals surface area contributed by atoms with E-state index in [1.807, 2.05) is 6.92 Å². The van der Waals surface area contributed by atoms with Gasteiger partial charge >= 0.3 is 0 Å². The molecule has 4 aliphatic carbocycles. The maximum atomic E-state index is 12.7. The molecule has 2 aliphatic heterocycles. The Morgan fingerprint density at radius 2 is 1.42 bits per heavy atom. The van der Waals surface area contributed by atoms with E-state index in [1.165, 1.54) is 19.4 Å². The third kappa shape index (κ3) is 7.40. The van der Waals surface area contributed by atoms with Gasteiger partial charge in [0.15, 0.2) is 18.4 Å². The number of aliphatic hydroxyl groups is 10. The van der Waals surface area contributed by atoms with Crippen LogP contribution in [0, 0.1) is 45.3 Å². The van der Waals surface area contributed by atoms with Gasteiger partial charge in [0, 0.05) is 5.41 Å². The average Bonchev–Trinajstić information content (AvgIpc) is 3.43. The lowest BCUT2D eigenvalue weighted by molar-refractivity contribution is -0.340. The van der Waals surface area contributed by atoms with E-state index in [-0.39, 0.29) is 34.0 Å². The summed E-state index contributed by atoms with van der Waals surface area (Å²) >= 11 is 0. The number of rotatable bonds is 11. The normalized spacial score (nSPS) is 48.8. The molecule has 0 spiro atoms. The van der Waals surface area contributed by atoms with Gasteiger partial charge < -0.3 is 70.0 Å². The van der Waals surface area contributed by atoms with Crippen LogP contribution in [0.3, 0.4) is 0 Å². The molecule has 10 N–H and O–H groups in total. The minimum Gasteiger partial charge on any atom is -0.394 e. The van der Waals surface area contributed by atoms with E-state index in [2.05, 4.69) is 40.7 Å². The van der Waals surface area contributed by atoms with Crippen molar-refractivity contribution < 1.29 is 74.8 Å². The summed E-state index contributed by atoms with van der Waals surface area (Å²) in [5.41, 5.74) is -1.24. The molecule has 20 atom stereocenters. The lowest BCUT2D eigenvalue weighted by Gasteiger charge is -2.66. The first-order chi connectivity index (χ1) is 26.4. The summed E-state index contributed by atoms with van der Waals surface area (Å²) in [5, 5.41) is 105. The number of hydrogen-bond acceptors (Lipinski definition) is 15. The van der Waals surface area contributed by atoms with Gasteiger partial charge in [-0.2, -0.15) is 0 Å². The third-order valence-corrected chi connectivity index (χ3v) is 16.5. The maximum Gasteiger partial charge on any atom is 0.194 e. The third-order valence-electron chi connectivity index (χ3n) is 16.5. The summed E-state index contributed by atoms with van der Waals surface area (Å²) < 4.78 is 23.6. The molecular weight excluding hydrogens is 744 g/mol. The average molecular weight is 815 g/mol. The topological polar surface area (TPSA) is 256 Å². The van der Waals surface area contributed by atoms with Crippen LogP contribution in [-0.4, -0.2) is 155 Å². The van der Waals surface area contributed by atoms with Crippen LogP contribution in [0.5, 0.6) is 0 Å². The largest absolute Gasteiger partial charge is 0.394 e. The highest BCUT2D eigenvalue weighted by Gasteiger charge is 2.68. The minimum absolute atomic E-state index is 0.0400. The summed E-state index contributed by atoms with van der Waals surface area (Å²) in [5.74, 6) is -0.480. The molecule has 2 heterocycles. The van der Waals surface area contributed by atoms with Crippen LogP contribution in [0.2, 0.25) is 0 Å². The predicted molar refractivity (Wildman–Crippen MR) is 203 cm³/mol. The van der Waals surface area contributed by atoms with Crippen LogP contribution in [0.4, 0.5) is 0 Å². The van der Waals surface area contributed by atoms with E-state index in [9.17, 15) is 55.9 Å². The van der Waals surface area contributed by atoms with Crippen LogP contribution in [0.15, 0.2) is 11.6 Å². The summed E-state index contributed by atoms with van der Waals surface area (Å²) in [7, 11) is 0. The molecule has 3 saturated carbocycles. The molecule has 0 aromatic carbocycles. The molecule has 0 aromatic heterocycles. The molecule has 0 bridgehead atoms. The van der Waals surface area contributed by atoms with E-state index >= 15 is 0 Å². The number of allylic oxidation sites excluding steroid dienone is 1. The summed E-state index contributed by atoms with van der Waals surface area (Å²) in [6.07, 6.45) is -9.98. The molecule has 5 fully saturated rings. The first kappa shape index (κ1) is 45.4. The Balaban J connectivity index is 1.15. The lowest BCUT2D eigenvalue weighted by atomic mass is 9.39. The van der Waals surface area contributed by atoms with E-state index in [1.54, 1.807) is 0 Å². The van der Waals surface area contributed by atoms with Crippen molar-refractivity contribution in [1.82, 2.24) is 0 Å². The van der Waals surface area contributed by atoms with Crippen molar-refractivity contribution in [3.8, 4) is 0 Å². The van der Waals surface area contributed by atoms with Crippen LogP contribution < -0.4 is 0 Å².